The molecule has 0 atom stereocenters. The van der Waals surface area contributed by atoms with Crippen LogP contribution < -0.4 is 0 Å². The van der Waals surface area contributed by atoms with Crippen molar-refractivity contribution in [1.82, 2.24) is 0 Å². The van der Waals surface area contributed by atoms with E-state index in [1.807, 2.05) is 0 Å². The molecule has 0 unspecified atom stereocenters. The third-order valence-corrected chi connectivity index (χ3v) is 6.29. The van der Waals surface area contributed by atoms with Crippen molar-refractivity contribution < 1.29 is 41.0 Å². The summed E-state index contributed by atoms with van der Waals surface area (Å²) in [7, 11) is -6.64. The molecule has 0 aliphatic heterocycles. The average Bonchev–Trinajstić information content (AvgIpc) is 2.48. The minimum Gasteiger partial charge on any atom is -0.197 e. The molecule has 0 heterocycles. The first-order chi connectivity index (χ1) is 11.5. The Morgan fingerprint density at radius 2 is 0.750 bits per heavy atom. The summed E-state index contributed by atoms with van der Waals surface area (Å²) in [4.78, 5) is 12.3. The normalized spacial score (nSPS) is 12.2. The zero-order valence-corrected chi connectivity index (χ0v) is 17.1. The van der Waals surface area contributed by atoms with Crippen LogP contribution in [0.4, 0.5) is 4.79 Å². The second-order valence-corrected chi connectivity index (χ2v) is 7.54. The lowest BCUT2D eigenvalue weighted by Gasteiger charge is -2.19. The number of carbonyl (C=O) groups is 1. The lowest BCUT2D eigenvalue weighted by Crippen LogP contribution is -2.19. The molecule has 0 spiro atoms. The highest BCUT2D eigenvalue weighted by atomic mass is 31.2. The van der Waals surface area contributed by atoms with E-state index in [0.717, 1.165) is 0 Å². The molecule has 9 nitrogen and oxygen atoms in total. The van der Waals surface area contributed by atoms with E-state index in [1.165, 1.54) is 0 Å². The van der Waals surface area contributed by atoms with Gasteiger partial charge in [0.15, 0.2) is 0 Å². The maximum absolute atomic E-state index is 12.3. The van der Waals surface area contributed by atoms with Gasteiger partial charge in [0.2, 0.25) is 0 Å². The molecule has 11 heteroatoms. The third-order valence-electron chi connectivity index (χ3n) is 2.10. The van der Waals surface area contributed by atoms with E-state index in [4.69, 9.17) is 36.2 Å². The van der Waals surface area contributed by atoms with Crippen LogP contribution in [0.1, 0.15) is 41.5 Å². The number of hydrogen-bond acceptors (Lipinski definition) is 9. The fourth-order valence-corrected chi connectivity index (χ4v) is 4.69. The van der Waals surface area contributed by atoms with Gasteiger partial charge in [-0.25, -0.2) is 0 Å². The molecule has 0 aliphatic rings. The van der Waals surface area contributed by atoms with Gasteiger partial charge in [-0.05, 0) is 41.5 Å². The van der Waals surface area contributed by atoms with Crippen molar-refractivity contribution >= 4 is 22.5 Å². The monoisotopic (exact) mass is 392 g/mol. The Hall–Kier alpha value is -0.110. The Labute approximate surface area is 145 Å². The summed E-state index contributed by atoms with van der Waals surface area (Å²) in [5, 5.41) is 0. The molecular formula is C13H30O9P2+2. The van der Waals surface area contributed by atoms with Crippen LogP contribution in [0.15, 0.2) is 0 Å². The fourth-order valence-electron chi connectivity index (χ4n) is 1.53. The van der Waals surface area contributed by atoms with Crippen molar-refractivity contribution in [2.45, 2.75) is 41.5 Å². The second kappa shape index (κ2) is 13.1. The van der Waals surface area contributed by atoms with Gasteiger partial charge in [-0.15, -0.1) is 27.1 Å². The van der Waals surface area contributed by atoms with Crippen LogP contribution in [0.2, 0.25) is 0 Å². The molecule has 0 N–H and O–H groups in total. The van der Waals surface area contributed by atoms with Gasteiger partial charge >= 0.3 is 22.5 Å². The van der Waals surface area contributed by atoms with Gasteiger partial charge in [-0.1, -0.05) is 0 Å². The molecule has 0 fully saturated rings. The highest BCUT2D eigenvalue weighted by Gasteiger charge is 2.59. The summed E-state index contributed by atoms with van der Waals surface area (Å²) in [6, 6.07) is 0. The zero-order valence-electron chi connectivity index (χ0n) is 15.3. The van der Waals surface area contributed by atoms with Gasteiger partial charge in [-0.2, -0.15) is 13.8 Å². The summed E-state index contributed by atoms with van der Waals surface area (Å²) >= 11 is 0. The molecule has 0 aromatic rings. The standard InChI is InChI=1S/C13H30O9P2/c1-7-15-23(16-8-2,17-9-3)21-13(14)22-24(18-10-4,19-11-5)20-12-6/h7-12H2,1-6H3/q+2. The van der Waals surface area contributed by atoms with E-state index in [2.05, 4.69) is 0 Å². The Bertz CT molecular complexity index is 279. The van der Waals surface area contributed by atoms with E-state index < -0.39 is 22.5 Å². The van der Waals surface area contributed by atoms with Crippen molar-refractivity contribution in [3.05, 3.63) is 0 Å². The Kier molecular flexibility index (Phi) is 13.1. The molecule has 0 saturated heterocycles. The quantitative estimate of drug-likeness (QED) is 0.390. The lowest BCUT2D eigenvalue weighted by atomic mass is 10.9. The largest absolute Gasteiger partial charge is 0.628 e. The maximum Gasteiger partial charge on any atom is 0.628 e. The first-order valence-corrected chi connectivity index (χ1v) is 11.0. The fraction of sp³-hybridized carbons (Fsp3) is 0.923. The zero-order chi connectivity index (χ0) is 18.5. The molecule has 0 aromatic heterocycles. The highest BCUT2D eigenvalue weighted by Crippen LogP contribution is 2.67. The van der Waals surface area contributed by atoms with Gasteiger partial charge in [0.05, 0.1) is 39.6 Å². The van der Waals surface area contributed by atoms with Crippen LogP contribution in [-0.4, -0.2) is 45.8 Å². The van der Waals surface area contributed by atoms with Crippen molar-refractivity contribution in [1.29, 1.82) is 0 Å². The molecule has 0 bridgehead atoms. The first kappa shape index (κ1) is 23.9. The summed E-state index contributed by atoms with van der Waals surface area (Å²) in [6.07, 6.45) is -1.10. The molecule has 0 saturated carbocycles. The SMILES string of the molecule is CCO[P+](OCC)(OCC)OC(=O)O[P+](OCC)(OCC)OCC. The molecule has 0 radical (unpaired) electrons. The minimum absolute atomic E-state index is 0.240. The third kappa shape index (κ3) is 8.32. The summed E-state index contributed by atoms with van der Waals surface area (Å²) in [5.74, 6) is 0. The van der Waals surface area contributed by atoms with Crippen molar-refractivity contribution in [2.75, 3.05) is 39.6 Å². The van der Waals surface area contributed by atoms with Crippen molar-refractivity contribution in [3.8, 4) is 0 Å². The van der Waals surface area contributed by atoms with E-state index >= 15 is 0 Å². The van der Waals surface area contributed by atoms with Gasteiger partial charge < -0.3 is 0 Å². The molecule has 24 heavy (non-hydrogen) atoms. The predicted molar refractivity (Wildman–Crippen MR) is 91.2 cm³/mol. The van der Waals surface area contributed by atoms with Crippen molar-refractivity contribution in [2.24, 2.45) is 0 Å². The highest BCUT2D eigenvalue weighted by molar-refractivity contribution is 7.58. The maximum atomic E-state index is 12.3. The number of rotatable bonds is 14. The Balaban J connectivity index is 5.16. The van der Waals surface area contributed by atoms with E-state index in [1.54, 1.807) is 41.5 Å². The van der Waals surface area contributed by atoms with E-state index in [9.17, 15) is 4.79 Å². The number of hydrogen-bond donors (Lipinski definition) is 0. The summed E-state index contributed by atoms with van der Waals surface area (Å²) in [5.41, 5.74) is 0. The molecule has 0 amide bonds. The smallest absolute Gasteiger partial charge is 0.197 e. The minimum atomic E-state index is -3.32. The van der Waals surface area contributed by atoms with Gasteiger partial charge in [0, 0.05) is 0 Å². The van der Waals surface area contributed by atoms with E-state index in [0.29, 0.717) is 0 Å². The summed E-state index contributed by atoms with van der Waals surface area (Å²) < 4.78 is 42.9. The van der Waals surface area contributed by atoms with Gasteiger partial charge in [0.1, 0.15) is 0 Å². The van der Waals surface area contributed by atoms with Crippen LogP contribution >= 0.6 is 16.3 Å². The second-order valence-electron chi connectivity index (χ2n) is 3.83. The van der Waals surface area contributed by atoms with Crippen LogP contribution in [0.5, 0.6) is 0 Å². The molecule has 0 rings (SSSR count). The molecule has 144 valence electrons. The average molecular weight is 392 g/mol. The Morgan fingerprint density at radius 1 is 0.542 bits per heavy atom. The summed E-state index contributed by atoms with van der Waals surface area (Å²) in [6.45, 7) is 11.9. The van der Waals surface area contributed by atoms with Crippen LogP contribution in [-0.2, 0) is 36.2 Å². The van der Waals surface area contributed by atoms with Crippen LogP contribution in [0, 0.1) is 0 Å². The van der Waals surface area contributed by atoms with Gasteiger partial charge in [-0.3, -0.25) is 0 Å². The molecule has 0 aliphatic carbocycles. The van der Waals surface area contributed by atoms with Gasteiger partial charge in [0.25, 0.3) is 0 Å². The topological polar surface area (TPSA) is 90.9 Å². The first-order valence-electron chi connectivity index (χ1n) is 8.05. The lowest BCUT2D eigenvalue weighted by molar-refractivity contribution is 0.0375. The van der Waals surface area contributed by atoms with Crippen molar-refractivity contribution in [3.63, 3.8) is 0 Å². The predicted octanol–water partition coefficient (Wildman–Crippen LogP) is 4.71. The molecular weight excluding hydrogens is 362 g/mol. The Morgan fingerprint density at radius 3 is 0.917 bits per heavy atom. The molecule has 0 aromatic carbocycles. The van der Waals surface area contributed by atoms with Crippen LogP contribution in [0.3, 0.4) is 0 Å². The van der Waals surface area contributed by atoms with Crippen LogP contribution in [0.25, 0.3) is 0 Å². The number of carbonyl (C=O) groups excluding carboxylic acids is 1. The van der Waals surface area contributed by atoms with E-state index in [-0.39, 0.29) is 39.6 Å².